The predicted molar refractivity (Wildman–Crippen MR) is 116 cm³/mol. The maximum Gasteiger partial charge on any atom is 0.416 e. The fraction of sp³-hybridized carbons (Fsp3) is 0.524. The zero-order valence-electron chi connectivity index (χ0n) is 17.7. The Morgan fingerprint density at radius 2 is 1.84 bits per heavy atom. The van der Waals surface area contributed by atoms with E-state index in [2.05, 4.69) is 20.2 Å². The van der Waals surface area contributed by atoms with Crippen molar-refractivity contribution >= 4 is 23.1 Å². The molecule has 2 aliphatic rings. The Labute approximate surface area is 189 Å². The van der Waals surface area contributed by atoms with Gasteiger partial charge in [-0.05, 0) is 61.5 Å². The zero-order valence-corrected chi connectivity index (χ0v) is 18.4. The quantitative estimate of drug-likeness (QED) is 0.358. The second kappa shape index (κ2) is 8.66. The summed E-state index contributed by atoms with van der Waals surface area (Å²) in [7, 11) is 0. The molecule has 174 valence electrons. The minimum absolute atomic E-state index is 0.0246. The van der Waals surface area contributed by atoms with Gasteiger partial charge in [-0.1, -0.05) is 0 Å². The van der Waals surface area contributed by atoms with Crippen molar-refractivity contribution in [3.05, 3.63) is 45.9 Å². The topological polar surface area (TPSA) is 102 Å². The molecule has 2 aromatic rings. The number of hydrogen-bond donors (Lipinski definition) is 3. The van der Waals surface area contributed by atoms with Crippen molar-refractivity contribution in [1.29, 1.82) is 0 Å². The third-order valence-corrected chi connectivity index (χ3v) is 6.21. The number of aromatic nitrogens is 2. The van der Waals surface area contributed by atoms with E-state index >= 15 is 0 Å². The van der Waals surface area contributed by atoms with Crippen LogP contribution in [0.1, 0.15) is 35.7 Å². The maximum absolute atomic E-state index is 13.3. The molecule has 1 aromatic carbocycles. The van der Waals surface area contributed by atoms with Gasteiger partial charge < -0.3 is 21.5 Å². The number of nitrogens with zero attached hydrogens (tertiary/aromatic N) is 3. The lowest BCUT2D eigenvalue weighted by atomic mass is 9.90. The Hall–Kier alpha value is -2.14. The molecule has 1 aromatic heterocycles. The number of nitrogen functional groups attached to an aromatic ring is 1. The van der Waals surface area contributed by atoms with E-state index < -0.39 is 17.4 Å². The number of hydrogen-bond acceptors (Lipinski definition) is 7. The average Bonchev–Trinajstić information content (AvgIpc) is 2.73. The summed E-state index contributed by atoms with van der Waals surface area (Å²) in [6, 6.07) is 3.60. The summed E-state index contributed by atoms with van der Waals surface area (Å²) < 4.78 is 45.3. The highest BCUT2D eigenvalue weighted by molar-refractivity contribution is 6.28. The lowest BCUT2D eigenvalue weighted by molar-refractivity contribution is -0.137. The molecule has 0 amide bonds. The van der Waals surface area contributed by atoms with Gasteiger partial charge >= 0.3 is 6.18 Å². The number of halogens is 4. The number of benzene rings is 1. The van der Waals surface area contributed by atoms with Crippen molar-refractivity contribution in [2.24, 2.45) is 5.73 Å². The third kappa shape index (κ3) is 4.93. The maximum atomic E-state index is 13.3. The molecule has 1 saturated heterocycles. The second-order valence-electron chi connectivity index (χ2n) is 8.48. The largest absolute Gasteiger partial charge is 0.416 e. The summed E-state index contributed by atoms with van der Waals surface area (Å²) in [4.78, 5) is 11.1. The number of fused-ring (bicyclic) bond motifs is 1. The second-order valence-corrected chi connectivity index (χ2v) is 8.82. The standard InChI is InChI=1S/C21H26ClF3N6O/c1-20(27,12-8-13(21(23,24)25)10-14(26)9-12)30-18-16-11-15(31-4-6-32-7-5-31)2-3-17(16)28-19(22)29-18/h8-10,15H,2-7,11,26-27H2,1H3,(H,28,29,30)/t15?,20-/m0/s1. The number of aryl methyl sites for hydroxylation is 1. The van der Waals surface area contributed by atoms with Gasteiger partial charge in [-0.15, -0.1) is 0 Å². The number of nitrogens with one attached hydrogen (secondary N) is 1. The molecule has 11 heteroatoms. The molecule has 0 radical (unpaired) electrons. The molecule has 1 aliphatic carbocycles. The van der Waals surface area contributed by atoms with Crippen LogP contribution in [0.15, 0.2) is 18.2 Å². The summed E-state index contributed by atoms with van der Waals surface area (Å²) in [6.07, 6.45) is -2.19. The molecular formula is C21H26ClF3N6O. The van der Waals surface area contributed by atoms with Gasteiger partial charge in [0.05, 0.1) is 24.5 Å². The van der Waals surface area contributed by atoms with Crippen LogP contribution < -0.4 is 16.8 Å². The molecule has 1 fully saturated rings. The molecule has 5 N–H and O–H groups in total. The highest BCUT2D eigenvalue weighted by Gasteiger charge is 2.35. The van der Waals surface area contributed by atoms with Crippen LogP contribution in [0.2, 0.25) is 5.28 Å². The van der Waals surface area contributed by atoms with Crippen molar-refractivity contribution in [3.8, 4) is 0 Å². The van der Waals surface area contributed by atoms with Crippen LogP contribution in [0, 0.1) is 0 Å². The van der Waals surface area contributed by atoms with E-state index in [1.165, 1.54) is 6.07 Å². The molecule has 0 spiro atoms. The van der Waals surface area contributed by atoms with E-state index in [1.807, 2.05) is 0 Å². The zero-order chi connectivity index (χ0) is 23.1. The monoisotopic (exact) mass is 470 g/mol. The Bertz CT molecular complexity index is 994. The normalized spacial score (nSPS) is 21.6. The lowest BCUT2D eigenvalue weighted by Crippen LogP contribution is -2.47. The predicted octanol–water partition coefficient (Wildman–Crippen LogP) is 3.16. The summed E-state index contributed by atoms with van der Waals surface area (Å²) in [5.74, 6) is 0.430. The van der Waals surface area contributed by atoms with Gasteiger partial charge in [0, 0.05) is 30.4 Å². The van der Waals surface area contributed by atoms with Gasteiger partial charge in [0.1, 0.15) is 11.5 Å². The first kappa shape index (κ1) is 23.0. The first-order chi connectivity index (χ1) is 15.0. The summed E-state index contributed by atoms with van der Waals surface area (Å²) in [6.45, 7) is 4.68. The molecule has 0 bridgehead atoms. The number of morpholine rings is 1. The van der Waals surface area contributed by atoms with Gasteiger partial charge in [-0.2, -0.15) is 13.2 Å². The Morgan fingerprint density at radius 1 is 1.16 bits per heavy atom. The minimum atomic E-state index is -4.54. The van der Waals surface area contributed by atoms with Crippen LogP contribution in [-0.2, 0) is 29.4 Å². The molecule has 7 nitrogen and oxygen atoms in total. The highest BCUT2D eigenvalue weighted by atomic mass is 35.5. The lowest BCUT2D eigenvalue weighted by Gasteiger charge is -2.38. The molecular weight excluding hydrogens is 445 g/mol. The SMILES string of the molecule is C[C@](N)(Nc1nc(Cl)nc2c1CC(N1CCOCC1)CC2)c1cc(N)cc(C(F)(F)F)c1. The molecule has 2 heterocycles. The average molecular weight is 471 g/mol. The van der Waals surface area contributed by atoms with Gasteiger partial charge in [0.2, 0.25) is 5.28 Å². The molecule has 1 aliphatic heterocycles. The van der Waals surface area contributed by atoms with Crippen LogP contribution in [0.5, 0.6) is 0 Å². The van der Waals surface area contributed by atoms with E-state index in [1.54, 1.807) is 6.92 Å². The molecule has 4 rings (SSSR count). The smallest absolute Gasteiger partial charge is 0.399 e. The van der Waals surface area contributed by atoms with Gasteiger partial charge in [0.25, 0.3) is 0 Å². The molecule has 0 saturated carbocycles. The van der Waals surface area contributed by atoms with Crippen LogP contribution >= 0.6 is 11.6 Å². The number of ether oxygens (including phenoxy) is 1. The number of nitrogens with two attached hydrogens (primary N) is 2. The van der Waals surface area contributed by atoms with Gasteiger partial charge in [0.15, 0.2) is 0 Å². The minimum Gasteiger partial charge on any atom is -0.399 e. The molecule has 2 atom stereocenters. The first-order valence-corrected chi connectivity index (χ1v) is 10.8. The van der Waals surface area contributed by atoms with Crippen molar-refractivity contribution < 1.29 is 17.9 Å². The van der Waals surface area contributed by atoms with Crippen LogP contribution in [0.25, 0.3) is 0 Å². The number of rotatable bonds is 4. The van der Waals surface area contributed by atoms with Crippen molar-refractivity contribution in [1.82, 2.24) is 14.9 Å². The van der Waals surface area contributed by atoms with E-state index in [4.69, 9.17) is 27.8 Å². The summed E-state index contributed by atoms with van der Waals surface area (Å²) in [5.41, 5.74) is 11.8. The van der Waals surface area contributed by atoms with Crippen LogP contribution in [-0.4, -0.2) is 47.2 Å². The van der Waals surface area contributed by atoms with E-state index in [0.717, 1.165) is 49.3 Å². The van der Waals surface area contributed by atoms with E-state index in [0.29, 0.717) is 31.5 Å². The number of anilines is 2. The Balaban J connectivity index is 1.65. The van der Waals surface area contributed by atoms with Gasteiger partial charge in [-0.3, -0.25) is 4.90 Å². The highest BCUT2D eigenvalue weighted by Crippen LogP contribution is 2.35. The summed E-state index contributed by atoms with van der Waals surface area (Å²) in [5, 5.41) is 3.17. The summed E-state index contributed by atoms with van der Waals surface area (Å²) >= 11 is 6.15. The Morgan fingerprint density at radius 3 is 2.53 bits per heavy atom. The molecule has 32 heavy (non-hydrogen) atoms. The van der Waals surface area contributed by atoms with E-state index in [-0.39, 0.29) is 16.5 Å². The fourth-order valence-electron chi connectivity index (χ4n) is 4.35. The van der Waals surface area contributed by atoms with Crippen LogP contribution in [0.4, 0.5) is 24.7 Å². The van der Waals surface area contributed by atoms with Crippen LogP contribution in [0.3, 0.4) is 0 Å². The first-order valence-electron chi connectivity index (χ1n) is 10.5. The fourth-order valence-corrected chi connectivity index (χ4v) is 4.54. The van der Waals surface area contributed by atoms with Crippen molar-refractivity contribution in [3.63, 3.8) is 0 Å². The van der Waals surface area contributed by atoms with Crippen molar-refractivity contribution in [2.75, 3.05) is 37.4 Å². The Kier molecular flexibility index (Phi) is 6.23. The number of alkyl halides is 3. The molecule has 1 unspecified atom stereocenters. The van der Waals surface area contributed by atoms with E-state index in [9.17, 15) is 13.2 Å². The van der Waals surface area contributed by atoms with Gasteiger partial charge in [-0.25, -0.2) is 9.97 Å². The third-order valence-electron chi connectivity index (χ3n) is 6.04. The van der Waals surface area contributed by atoms with Crippen molar-refractivity contribution in [2.45, 2.75) is 44.1 Å².